The molecule has 3 aromatic rings. The molecule has 10 heteroatoms. The number of ether oxygens (including phenoxy) is 1. The number of anilines is 1. The summed E-state index contributed by atoms with van der Waals surface area (Å²) in [5.74, 6) is 0.394. The summed E-state index contributed by atoms with van der Waals surface area (Å²) in [6.07, 6.45) is 2.99. The van der Waals surface area contributed by atoms with Gasteiger partial charge in [0, 0.05) is 51.1 Å². The Balaban J connectivity index is 1.86. The molecule has 0 bridgehead atoms. The first-order valence-corrected chi connectivity index (χ1v) is 12.3. The SMILES string of the molecule is CNC(=O)C[C@H](Cc1ccc(-c2cn(C)c(C(=O)NC)n2)cc1)N(C=O)c1ccc(OC(C)C)c(Cl)c1. The van der Waals surface area contributed by atoms with Crippen LogP contribution in [0.15, 0.2) is 48.7 Å². The van der Waals surface area contributed by atoms with Crippen LogP contribution in [0.1, 0.15) is 36.5 Å². The first kappa shape index (κ1) is 27.7. The van der Waals surface area contributed by atoms with Crippen LogP contribution in [0.4, 0.5) is 5.69 Å². The second-order valence-corrected chi connectivity index (χ2v) is 9.27. The Labute approximate surface area is 221 Å². The summed E-state index contributed by atoms with van der Waals surface area (Å²) in [5, 5.41) is 5.60. The Morgan fingerprint density at radius 2 is 1.84 bits per heavy atom. The van der Waals surface area contributed by atoms with Gasteiger partial charge in [0.25, 0.3) is 5.91 Å². The number of hydrogen-bond acceptors (Lipinski definition) is 5. The van der Waals surface area contributed by atoms with Gasteiger partial charge in [-0.2, -0.15) is 0 Å². The molecular weight excluding hydrogens is 494 g/mol. The minimum Gasteiger partial charge on any atom is -0.489 e. The summed E-state index contributed by atoms with van der Waals surface area (Å²) in [5.41, 5.74) is 3.01. The van der Waals surface area contributed by atoms with Gasteiger partial charge in [-0.25, -0.2) is 4.98 Å². The summed E-state index contributed by atoms with van der Waals surface area (Å²) in [6, 6.07) is 12.4. The largest absolute Gasteiger partial charge is 0.489 e. The third-order valence-electron chi connectivity index (χ3n) is 5.81. The highest BCUT2D eigenvalue weighted by atomic mass is 35.5. The highest BCUT2D eigenvalue weighted by Gasteiger charge is 2.23. The van der Waals surface area contributed by atoms with Crippen molar-refractivity contribution in [2.24, 2.45) is 7.05 Å². The van der Waals surface area contributed by atoms with E-state index in [0.717, 1.165) is 11.1 Å². The highest BCUT2D eigenvalue weighted by molar-refractivity contribution is 6.32. The number of nitrogens with zero attached hydrogens (tertiary/aromatic N) is 3. The van der Waals surface area contributed by atoms with Gasteiger partial charge in [0.1, 0.15) is 5.75 Å². The zero-order valence-electron chi connectivity index (χ0n) is 21.6. The van der Waals surface area contributed by atoms with Crippen molar-refractivity contribution in [3.8, 4) is 17.0 Å². The quantitative estimate of drug-likeness (QED) is 0.372. The number of halogens is 1. The number of amides is 3. The van der Waals surface area contributed by atoms with Gasteiger partial charge in [-0.15, -0.1) is 0 Å². The molecule has 3 amide bonds. The fraction of sp³-hybridized carbons (Fsp3) is 0.333. The van der Waals surface area contributed by atoms with Crippen LogP contribution in [0.5, 0.6) is 5.75 Å². The molecule has 0 spiro atoms. The second kappa shape index (κ2) is 12.4. The molecule has 9 nitrogen and oxygen atoms in total. The number of benzene rings is 2. The average Bonchev–Trinajstić information content (AvgIpc) is 3.27. The van der Waals surface area contributed by atoms with E-state index < -0.39 is 6.04 Å². The standard InChI is InChI=1S/C27H32ClN5O4/c1-17(2)37-24-11-10-20(13-22(24)28)33(16-34)21(14-25(35)29-3)12-18-6-8-19(9-7-18)23-15-32(5)26(31-23)27(36)30-4/h6-11,13,15-17,21H,12,14H2,1-5H3,(H,29,35)(H,30,36)/t21-/m0/s1. The Morgan fingerprint density at radius 3 is 2.41 bits per heavy atom. The van der Waals surface area contributed by atoms with Gasteiger partial charge in [-0.3, -0.25) is 14.4 Å². The monoisotopic (exact) mass is 525 g/mol. The molecule has 0 saturated carbocycles. The molecule has 2 N–H and O–H groups in total. The van der Waals surface area contributed by atoms with Crippen molar-refractivity contribution in [3.05, 3.63) is 65.1 Å². The summed E-state index contributed by atoms with van der Waals surface area (Å²) >= 11 is 6.41. The van der Waals surface area contributed by atoms with Crippen LogP contribution < -0.4 is 20.3 Å². The highest BCUT2D eigenvalue weighted by Crippen LogP contribution is 2.31. The minimum absolute atomic E-state index is 0.0454. The molecule has 0 fully saturated rings. The number of carbonyl (C=O) groups excluding carboxylic acids is 3. The molecule has 1 atom stereocenters. The van der Waals surface area contributed by atoms with E-state index in [-0.39, 0.29) is 24.3 Å². The van der Waals surface area contributed by atoms with Crippen molar-refractivity contribution in [3.63, 3.8) is 0 Å². The Morgan fingerprint density at radius 1 is 1.14 bits per heavy atom. The molecule has 1 heterocycles. The molecule has 3 rings (SSSR count). The molecule has 0 radical (unpaired) electrons. The summed E-state index contributed by atoms with van der Waals surface area (Å²) < 4.78 is 7.37. The van der Waals surface area contributed by atoms with E-state index in [1.165, 1.54) is 4.90 Å². The van der Waals surface area contributed by atoms with Crippen molar-refractivity contribution in [1.82, 2.24) is 20.2 Å². The van der Waals surface area contributed by atoms with Gasteiger partial charge in [-0.1, -0.05) is 35.9 Å². The maximum atomic E-state index is 12.3. The van der Waals surface area contributed by atoms with Crippen LogP contribution >= 0.6 is 11.6 Å². The summed E-state index contributed by atoms with van der Waals surface area (Å²) in [7, 11) is 4.89. The predicted molar refractivity (Wildman–Crippen MR) is 144 cm³/mol. The lowest BCUT2D eigenvalue weighted by atomic mass is 9.99. The van der Waals surface area contributed by atoms with Crippen molar-refractivity contribution >= 4 is 35.5 Å². The molecule has 0 unspecified atom stereocenters. The third-order valence-corrected chi connectivity index (χ3v) is 6.11. The number of imidazole rings is 1. The lowest BCUT2D eigenvalue weighted by Gasteiger charge is -2.29. The zero-order chi connectivity index (χ0) is 27.1. The van der Waals surface area contributed by atoms with Gasteiger partial charge < -0.3 is 24.8 Å². The van der Waals surface area contributed by atoms with Crippen molar-refractivity contribution in [1.29, 1.82) is 0 Å². The molecule has 0 saturated heterocycles. The molecule has 0 aliphatic heterocycles. The number of aromatic nitrogens is 2. The molecule has 0 aliphatic carbocycles. The van der Waals surface area contributed by atoms with Crippen LogP contribution in [-0.2, 0) is 23.1 Å². The molecule has 0 aliphatic rings. The summed E-state index contributed by atoms with van der Waals surface area (Å²) in [4.78, 5) is 42.5. The maximum absolute atomic E-state index is 12.3. The minimum atomic E-state index is -0.453. The molecule has 37 heavy (non-hydrogen) atoms. The number of rotatable bonds is 11. The van der Waals surface area contributed by atoms with Crippen LogP contribution in [0.3, 0.4) is 0 Å². The van der Waals surface area contributed by atoms with E-state index in [9.17, 15) is 14.4 Å². The molecule has 1 aromatic heterocycles. The van der Waals surface area contributed by atoms with E-state index in [0.29, 0.717) is 40.8 Å². The number of hydrogen-bond donors (Lipinski definition) is 2. The number of aryl methyl sites for hydroxylation is 1. The Kier molecular flexibility index (Phi) is 9.30. The normalized spacial score (nSPS) is 11.6. The fourth-order valence-electron chi connectivity index (χ4n) is 3.95. The predicted octanol–water partition coefficient (Wildman–Crippen LogP) is 3.60. The van der Waals surface area contributed by atoms with Crippen LogP contribution in [0.2, 0.25) is 5.02 Å². The van der Waals surface area contributed by atoms with E-state index in [2.05, 4.69) is 15.6 Å². The number of nitrogens with one attached hydrogen (secondary N) is 2. The number of carbonyl (C=O) groups is 3. The fourth-order valence-corrected chi connectivity index (χ4v) is 4.17. The van der Waals surface area contributed by atoms with E-state index in [1.54, 1.807) is 50.1 Å². The smallest absolute Gasteiger partial charge is 0.287 e. The van der Waals surface area contributed by atoms with Crippen LogP contribution in [-0.4, -0.2) is 54.0 Å². The molecule has 196 valence electrons. The maximum Gasteiger partial charge on any atom is 0.287 e. The van der Waals surface area contributed by atoms with Crippen LogP contribution in [0, 0.1) is 0 Å². The first-order valence-electron chi connectivity index (χ1n) is 11.9. The summed E-state index contributed by atoms with van der Waals surface area (Å²) in [6.45, 7) is 3.81. The van der Waals surface area contributed by atoms with Crippen molar-refractivity contribution < 1.29 is 19.1 Å². The first-order chi connectivity index (χ1) is 17.7. The van der Waals surface area contributed by atoms with Gasteiger partial charge in [0.2, 0.25) is 12.3 Å². The lowest BCUT2D eigenvalue weighted by molar-refractivity contribution is -0.121. The van der Waals surface area contributed by atoms with Gasteiger partial charge in [0.15, 0.2) is 5.82 Å². The van der Waals surface area contributed by atoms with E-state index in [1.807, 2.05) is 38.1 Å². The van der Waals surface area contributed by atoms with Gasteiger partial charge >= 0.3 is 0 Å². The average molecular weight is 526 g/mol. The Hall–Kier alpha value is -3.85. The Bertz CT molecular complexity index is 1260. The van der Waals surface area contributed by atoms with E-state index in [4.69, 9.17) is 16.3 Å². The lowest BCUT2D eigenvalue weighted by Crippen LogP contribution is -2.39. The van der Waals surface area contributed by atoms with E-state index >= 15 is 0 Å². The second-order valence-electron chi connectivity index (χ2n) is 8.87. The zero-order valence-corrected chi connectivity index (χ0v) is 22.4. The van der Waals surface area contributed by atoms with Gasteiger partial charge in [-0.05, 0) is 44.0 Å². The topological polar surface area (TPSA) is 106 Å². The molecular formula is C27H32ClN5O4. The third kappa shape index (κ3) is 6.89. The van der Waals surface area contributed by atoms with Crippen molar-refractivity contribution in [2.45, 2.75) is 38.8 Å². The van der Waals surface area contributed by atoms with Gasteiger partial charge in [0.05, 0.1) is 16.8 Å². The van der Waals surface area contributed by atoms with Crippen molar-refractivity contribution in [2.75, 3.05) is 19.0 Å². The molecule has 2 aromatic carbocycles. The van der Waals surface area contributed by atoms with Crippen LogP contribution in [0.25, 0.3) is 11.3 Å².